The van der Waals surface area contributed by atoms with Crippen LogP contribution in [-0.4, -0.2) is 74.2 Å². The van der Waals surface area contributed by atoms with Crippen LogP contribution in [0.4, 0.5) is 0 Å². The fourth-order valence-electron chi connectivity index (χ4n) is 4.47. The van der Waals surface area contributed by atoms with E-state index in [0.29, 0.717) is 23.7 Å². The first-order valence-corrected chi connectivity index (χ1v) is 9.05. The maximum absolute atomic E-state index is 13.3. The Hall–Kier alpha value is -0.650. The van der Waals surface area contributed by atoms with Gasteiger partial charge in [0.05, 0.1) is 19.3 Å². The Labute approximate surface area is 134 Å². The second-order valence-electron chi connectivity index (χ2n) is 7.09. The van der Waals surface area contributed by atoms with Crippen molar-refractivity contribution >= 4 is 5.91 Å². The van der Waals surface area contributed by atoms with Crippen LogP contribution in [0.25, 0.3) is 0 Å². The third-order valence-electron chi connectivity index (χ3n) is 5.89. The number of amides is 1. The monoisotopic (exact) mass is 309 g/mol. The number of hydrogen-bond acceptors (Lipinski definition) is 4. The molecule has 0 spiro atoms. The summed E-state index contributed by atoms with van der Waals surface area (Å²) in [6, 6.07) is 0.0608. The van der Waals surface area contributed by atoms with E-state index in [-0.39, 0.29) is 6.04 Å². The summed E-state index contributed by atoms with van der Waals surface area (Å²) in [6.07, 6.45) is 2.15. The fraction of sp³-hybridized carbons (Fsp3) is 0.941. The Bertz CT molecular complexity index is 368. The van der Waals surface area contributed by atoms with Gasteiger partial charge in [-0.05, 0) is 17.8 Å². The van der Waals surface area contributed by atoms with Gasteiger partial charge in [-0.1, -0.05) is 26.7 Å². The zero-order valence-electron chi connectivity index (χ0n) is 14.1. The van der Waals surface area contributed by atoms with E-state index in [4.69, 9.17) is 4.74 Å². The summed E-state index contributed by atoms with van der Waals surface area (Å²) in [7, 11) is 0. The maximum Gasteiger partial charge on any atom is 0.240 e. The SMILES string of the molecule is CCC(CC)C(C(=O)N1C[C@H]2CNC[C@H]2C1)N1CCOCC1. The number of rotatable bonds is 5. The molecule has 1 N–H and O–H groups in total. The van der Waals surface area contributed by atoms with Crippen LogP contribution in [0.2, 0.25) is 0 Å². The van der Waals surface area contributed by atoms with Crippen molar-refractivity contribution in [2.45, 2.75) is 32.7 Å². The molecule has 0 aromatic carbocycles. The van der Waals surface area contributed by atoms with Gasteiger partial charge in [-0.15, -0.1) is 0 Å². The van der Waals surface area contributed by atoms with Crippen LogP contribution in [0.15, 0.2) is 0 Å². The van der Waals surface area contributed by atoms with Crippen molar-refractivity contribution in [1.82, 2.24) is 15.1 Å². The Balaban J connectivity index is 1.71. The molecule has 1 amide bonds. The number of nitrogens with one attached hydrogen (secondary N) is 1. The first-order valence-electron chi connectivity index (χ1n) is 9.05. The minimum Gasteiger partial charge on any atom is -0.379 e. The topological polar surface area (TPSA) is 44.8 Å². The van der Waals surface area contributed by atoms with E-state index in [1.165, 1.54) is 0 Å². The second kappa shape index (κ2) is 7.28. The Kier molecular flexibility index (Phi) is 5.37. The van der Waals surface area contributed by atoms with E-state index >= 15 is 0 Å². The first kappa shape index (κ1) is 16.2. The standard InChI is InChI=1S/C17H31N3O2/c1-3-13(4-2)16(19-5-7-22-8-6-19)17(21)20-11-14-9-18-10-15(14)12-20/h13-16,18H,3-12H2,1-2H3/t14-,15+,16?. The highest BCUT2D eigenvalue weighted by Crippen LogP contribution is 2.29. The largest absolute Gasteiger partial charge is 0.379 e. The van der Waals surface area contributed by atoms with Crippen LogP contribution in [-0.2, 0) is 9.53 Å². The van der Waals surface area contributed by atoms with Crippen LogP contribution in [0, 0.1) is 17.8 Å². The number of carbonyl (C=O) groups excluding carboxylic acids is 1. The smallest absolute Gasteiger partial charge is 0.240 e. The summed E-state index contributed by atoms with van der Waals surface area (Å²) in [5.74, 6) is 2.20. The number of hydrogen-bond donors (Lipinski definition) is 1. The van der Waals surface area contributed by atoms with E-state index in [0.717, 1.165) is 65.3 Å². The molecule has 0 aromatic heterocycles. The molecule has 0 saturated carbocycles. The fourth-order valence-corrected chi connectivity index (χ4v) is 4.47. The quantitative estimate of drug-likeness (QED) is 0.816. The lowest BCUT2D eigenvalue weighted by Gasteiger charge is -2.39. The van der Waals surface area contributed by atoms with Crippen LogP contribution >= 0.6 is 0 Å². The predicted molar refractivity (Wildman–Crippen MR) is 86.7 cm³/mol. The Morgan fingerprint density at radius 3 is 2.27 bits per heavy atom. The molecule has 0 bridgehead atoms. The molecule has 1 unspecified atom stereocenters. The van der Waals surface area contributed by atoms with Gasteiger partial charge < -0.3 is 15.0 Å². The van der Waals surface area contributed by atoms with Gasteiger partial charge in [0, 0.05) is 39.3 Å². The summed E-state index contributed by atoms with van der Waals surface area (Å²) >= 11 is 0. The molecular weight excluding hydrogens is 278 g/mol. The molecule has 126 valence electrons. The van der Waals surface area contributed by atoms with Gasteiger partial charge in [0.25, 0.3) is 0 Å². The normalized spacial score (nSPS) is 30.8. The Morgan fingerprint density at radius 1 is 1.14 bits per heavy atom. The molecule has 0 aliphatic carbocycles. The van der Waals surface area contributed by atoms with Crippen molar-refractivity contribution in [2.75, 3.05) is 52.5 Å². The molecule has 3 aliphatic rings. The molecule has 3 rings (SSSR count). The van der Waals surface area contributed by atoms with Gasteiger partial charge >= 0.3 is 0 Å². The molecule has 3 heterocycles. The average Bonchev–Trinajstić information content (AvgIpc) is 3.14. The van der Waals surface area contributed by atoms with Crippen LogP contribution in [0.1, 0.15) is 26.7 Å². The molecule has 3 fully saturated rings. The molecule has 5 nitrogen and oxygen atoms in total. The molecule has 0 radical (unpaired) electrons. The minimum atomic E-state index is 0.0608. The van der Waals surface area contributed by atoms with Gasteiger partial charge in [0.15, 0.2) is 0 Å². The second-order valence-corrected chi connectivity index (χ2v) is 7.09. The number of fused-ring (bicyclic) bond motifs is 1. The highest BCUT2D eigenvalue weighted by Gasteiger charge is 2.42. The molecule has 0 aromatic rings. The zero-order chi connectivity index (χ0) is 15.5. The summed E-state index contributed by atoms with van der Waals surface area (Å²) < 4.78 is 5.49. The predicted octanol–water partition coefficient (Wildman–Crippen LogP) is 0.801. The van der Waals surface area contributed by atoms with E-state index in [1.807, 2.05) is 0 Å². The number of nitrogens with zero attached hydrogens (tertiary/aromatic N) is 2. The van der Waals surface area contributed by atoms with E-state index in [2.05, 4.69) is 29.0 Å². The van der Waals surface area contributed by atoms with Crippen molar-refractivity contribution in [1.29, 1.82) is 0 Å². The number of morpholine rings is 1. The van der Waals surface area contributed by atoms with Gasteiger partial charge in [0.2, 0.25) is 5.91 Å². The third kappa shape index (κ3) is 3.17. The lowest BCUT2D eigenvalue weighted by Crippen LogP contribution is -2.55. The van der Waals surface area contributed by atoms with Crippen molar-refractivity contribution in [3.63, 3.8) is 0 Å². The van der Waals surface area contributed by atoms with Crippen molar-refractivity contribution in [2.24, 2.45) is 17.8 Å². The van der Waals surface area contributed by atoms with Crippen molar-refractivity contribution in [3.8, 4) is 0 Å². The lowest BCUT2D eigenvalue weighted by molar-refractivity contribution is -0.140. The van der Waals surface area contributed by atoms with Gasteiger partial charge in [-0.25, -0.2) is 0 Å². The van der Waals surface area contributed by atoms with Gasteiger partial charge in [-0.3, -0.25) is 9.69 Å². The van der Waals surface area contributed by atoms with Crippen molar-refractivity contribution < 1.29 is 9.53 Å². The number of carbonyl (C=O) groups is 1. The van der Waals surface area contributed by atoms with Gasteiger partial charge in [-0.2, -0.15) is 0 Å². The van der Waals surface area contributed by atoms with Gasteiger partial charge in [0.1, 0.15) is 0 Å². The molecular formula is C17H31N3O2. The number of likely N-dealkylation sites (tertiary alicyclic amines) is 1. The Morgan fingerprint density at radius 2 is 1.73 bits per heavy atom. The third-order valence-corrected chi connectivity index (χ3v) is 5.89. The average molecular weight is 309 g/mol. The summed E-state index contributed by atoms with van der Waals surface area (Å²) in [4.78, 5) is 17.8. The highest BCUT2D eigenvalue weighted by molar-refractivity contribution is 5.82. The summed E-state index contributed by atoms with van der Waals surface area (Å²) in [5.41, 5.74) is 0. The van der Waals surface area contributed by atoms with E-state index in [1.54, 1.807) is 0 Å². The maximum atomic E-state index is 13.3. The summed E-state index contributed by atoms with van der Waals surface area (Å²) in [5, 5.41) is 3.46. The molecule has 5 heteroatoms. The summed E-state index contributed by atoms with van der Waals surface area (Å²) in [6.45, 7) is 11.8. The van der Waals surface area contributed by atoms with Crippen LogP contribution in [0.3, 0.4) is 0 Å². The zero-order valence-corrected chi connectivity index (χ0v) is 14.1. The van der Waals surface area contributed by atoms with Crippen LogP contribution in [0.5, 0.6) is 0 Å². The van der Waals surface area contributed by atoms with Crippen molar-refractivity contribution in [3.05, 3.63) is 0 Å². The highest BCUT2D eigenvalue weighted by atomic mass is 16.5. The molecule has 3 aliphatic heterocycles. The van der Waals surface area contributed by atoms with E-state index in [9.17, 15) is 4.79 Å². The number of ether oxygens (including phenoxy) is 1. The first-order chi connectivity index (χ1) is 10.7. The molecule has 22 heavy (non-hydrogen) atoms. The lowest BCUT2D eigenvalue weighted by atomic mass is 9.91. The molecule has 3 saturated heterocycles. The van der Waals surface area contributed by atoms with E-state index < -0.39 is 0 Å². The van der Waals surface area contributed by atoms with Crippen LogP contribution < -0.4 is 5.32 Å². The molecule has 3 atom stereocenters. The minimum absolute atomic E-state index is 0.0608.